The van der Waals surface area contributed by atoms with E-state index >= 15 is 0 Å². The van der Waals surface area contributed by atoms with Crippen LogP contribution >= 0.6 is 0 Å². The van der Waals surface area contributed by atoms with Crippen LogP contribution in [0.1, 0.15) is 11.3 Å². The number of hydrogen-bond acceptors (Lipinski definition) is 4. The van der Waals surface area contributed by atoms with Gasteiger partial charge in [0.05, 0.1) is 13.1 Å². The average Bonchev–Trinajstić information content (AvgIpc) is 3.00. The van der Waals surface area contributed by atoms with Crippen LogP contribution in [0.3, 0.4) is 0 Å². The van der Waals surface area contributed by atoms with Gasteiger partial charge in [0.25, 0.3) is 5.91 Å². The molecule has 1 aromatic carbocycles. The molecule has 0 unspecified atom stereocenters. The molecule has 0 radical (unpaired) electrons. The van der Waals surface area contributed by atoms with Crippen molar-refractivity contribution < 1.29 is 18.8 Å². The second-order valence-corrected chi connectivity index (χ2v) is 5.06. The molecule has 3 rings (SSSR count). The molecule has 1 aliphatic rings. The van der Waals surface area contributed by atoms with Gasteiger partial charge in [-0.05, 0) is 13.0 Å². The lowest BCUT2D eigenvalue weighted by Crippen LogP contribution is -2.40. The van der Waals surface area contributed by atoms with Gasteiger partial charge in [0.2, 0.25) is 5.91 Å². The predicted octanol–water partition coefficient (Wildman–Crippen LogP) is 0.909. The van der Waals surface area contributed by atoms with Crippen LogP contribution in [0, 0.1) is 6.92 Å². The predicted molar refractivity (Wildman–Crippen MR) is 77.9 cm³/mol. The third kappa shape index (κ3) is 2.52. The fourth-order valence-corrected chi connectivity index (χ4v) is 2.39. The molecule has 7 nitrogen and oxygen atoms in total. The lowest BCUT2D eigenvalue weighted by Gasteiger charge is -2.11. The Bertz CT molecular complexity index is 749. The molecule has 7 heteroatoms. The summed E-state index contributed by atoms with van der Waals surface area (Å²) >= 11 is 0. The van der Waals surface area contributed by atoms with E-state index in [0.29, 0.717) is 5.76 Å². The Morgan fingerprint density at radius 3 is 2.82 bits per heavy atom. The highest BCUT2D eigenvalue weighted by molar-refractivity contribution is 6.04. The topological polar surface area (TPSA) is 91.7 Å². The maximum absolute atomic E-state index is 11.9. The van der Waals surface area contributed by atoms with E-state index in [-0.39, 0.29) is 19.6 Å². The van der Waals surface area contributed by atoms with Gasteiger partial charge in [0.1, 0.15) is 17.9 Å². The highest BCUT2D eigenvalue weighted by Gasteiger charge is 2.30. The summed E-state index contributed by atoms with van der Waals surface area (Å²) < 4.78 is 5.69. The molecule has 0 atom stereocenters. The number of nitrogens with one attached hydrogen (secondary N) is 2. The van der Waals surface area contributed by atoms with Crippen LogP contribution in [-0.4, -0.2) is 35.8 Å². The van der Waals surface area contributed by atoms with Crippen LogP contribution in [0.4, 0.5) is 4.79 Å². The van der Waals surface area contributed by atoms with E-state index in [4.69, 9.17) is 4.42 Å². The van der Waals surface area contributed by atoms with Crippen LogP contribution in [0.15, 0.2) is 28.7 Å². The zero-order valence-electron chi connectivity index (χ0n) is 12.0. The van der Waals surface area contributed by atoms with E-state index in [1.807, 2.05) is 31.2 Å². The Morgan fingerprint density at radius 2 is 2.14 bits per heavy atom. The van der Waals surface area contributed by atoms with Crippen LogP contribution in [-0.2, 0) is 16.1 Å². The number of para-hydroxylation sites is 1. The smallest absolute Gasteiger partial charge is 0.325 e. The molecular weight excluding hydrogens is 286 g/mol. The molecule has 0 bridgehead atoms. The fraction of sp³-hybridized carbons (Fsp3) is 0.267. The van der Waals surface area contributed by atoms with Crippen molar-refractivity contribution in [1.29, 1.82) is 0 Å². The number of amides is 4. The van der Waals surface area contributed by atoms with Crippen LogP contribution in [0.5, 0.6) is 0 Å². The maximum Gasteiger partial charge on any atom is 0.325 e. The van der Waals surface area contributed by atoms with Crippen molar-refractivity contribution in [2.45, 2.75) is 13.5 Å². The highest BCUT2D eigenvalue weighted by Crippen LogP contribution is 2.24. The number of hydrogen-bond donors (Lipinski definition) is 2. The fourth-order valence-electron chi connectivity index (χ4n) is 2.39. The summed E-state index contributed by atoms with van der Waals surface area (Å²) in [6.45, 7) is 1.78. The second-order valence-electron chi connectivity index (χ2n) is 5.06. The quantitative estimate of drug-likeness (QED) is 0.821. The summed E-state index contributed by atoms with van der Waals surface area (Å²) in [5.74, 6) is -0.155. The summed E-state index contributed by atoms with van der Waals surface area (Å²) in [4.78, 5) is 35.5. The van der Waals surface area contributed by atoms with E-state index < -0.39 is 17.8 Å². The third-order valence-electron chi connectivity index (χ3n) is 3.63. The normalized spacial score (nSPS) is 14.5. The van der Waals surface area contributed by atoms with Crippen molar-refractivity contribution in [1.82, 2.24) is 15.5 Å². The lowest BCUT2D eigenvalue weighted by atomic mass is 10.1. The number of urea groups is 1. The van der Waals surface area contributed by atoms with Crippen molar-refractivity contribution in [3.05, 3.63) is 35.6 Å². The molecule has 1 aliphatic heterocycles. The number of rotatable bonds is 4. The number of carbonyl (C=O) groups is 3. The van der Waals surface area contributed by atoms with Crippen molar-refractivity contribution >= 4 is 28.8 Å². The number of imide groups is 1. The minimum Gasteiger partial charge on any atom is -0.459 e. The standard InChI is InChI=1S/C15H15N3O4/c1-9-10-4-2-3-5-11(10)22-12(9)6-16-13(19)8-18-14(20)7-17-15(18)21/h2-5H,6-8H2,1H3,(H,16,19)(H,17,21). The number of aryl methyl sites for hydroxylation is 1. The van der Waals surface area contributed by atoms with Crippen LogP contribution in [0.25, 0.3) is 11.0 Å². The van der Waals surface area contributed by atoms with Gasteiger partial charge in [-0.25, -0.2) is 4.79 Å². The van der Waals surface area contributed by atoms with E-state index in [9.17, 15) is 14.4 Å². The summed E-state index contributed by atoms with van der Waals surface area (Å²) in [6, 6.07) is 7.07. The van der Waals surface area contributed by atoms with E-state index in [0.717, 1.165) is 21.4 Å². The first-order chi connectivity index (χ1) is 10.6. The van der Waals surface area contributed by atoms with Gasteiger partial charge in [-0.3, -0.25) is 14.5 Å². The minimum absolute atomic E-state index is 0.0607. The molecule has 2 heterocycles. The summed E-state index contributed by atoms with van der Waals surface area (Å²) in [7, 11) is 0. The molecule has 0 saturated carbocycles. The van der Waals surface area contributed by atoms with Gasteiger partial charge in [-0.15, -0.1) is 0 Å². The highest BCUT2D eigenvalue weighted by atomic mass is 16.3. The number of furan rings is 1. The first-order valence-corrected chi connectivity index (χ1v) is 6.88. The summed E-state index contributed by atoms with van der Waals surface area (Å²) in [5, 5.41) is 6.03. The molecule has 0 aliphatic carbocycles. The number of carbonyl (C=O) groups excluding carboxylic acids is 3. The Kier molecular flexibility index (Phi) is 3.54. The average molecular weight is 301 g/mol. The van der Waals surface area contributed by atoms with Crippen LogP contribution in [0.2, 0.25) is 0 Å². The monoisotopic (exact) mass is 301 g/mol. The maximum atomic E-state index is 11.9. The van der Waals surface area contributed by atoms with Gasteiger partial charge >= 0.3 is 6.03 Å². The molecule has 1 aromatic heterocycles. The van der Waals surface area contributed by atoms with Gasteiger partial charge < -0.3 is 15.1 Å². The first-order valence-electron chi connectivity index (χ1n) is 6.88. The Balaban J connectivity index is 1.64. The van der Waals surface area contributed by atoms with Crippen LogP contribution < -0.4 is 10.6 Å². The SMILES string of the molecule is Cc1c(CNC(=O)CN2C(=O)CNC2=O)oc2ccccc12. The van der Waals surface area contributed by atoms with Gasteiger partial charge in [0.15, 0.2) is 0 Å². The molecule has 2 aromatic rings. The Morgan fingerprint density at radius 1 is 1.36 bits per heavy atom. The second kappa shape index (κ2) is 5.51. The summed E-state index contributed by atoms with van der Waals surface area (Å²) in [5.41, 5.74) is 1.73. The Hall–Kier alpha value is -2.83. The number of fused-ring (bicyclic) bond motifs is 1. The molecule has 1 fully saturated rings. The molecule has 4 amide bonds. The van der Waals surface area contributed by atoms with E-state index in [1.54, 1.807) is 0 Å². The third-order valence-corrected chi connectivity index (χ3v) is 3.63. The molecular formula is C15H15N3O4. The van der Waals surface area contributed by atoms with Crippen molar-refractivity contribution in [3.8, 4) is 0 Å². The van der Waals surface area contributed by atoms with Crippen molar-refractivity contribution in [2.24, 2.45) is 0 Å². The van der Waals surface area contributed by atoms with Gasteiger partial charge in [-0.2, -0.15) is 0 Å². The molecule has 22 heavy (non-hydrogen) atoms. The molecule has 0 spiro atoms. The number of benzene rings is 1. The molecule has 2 N–H and O–H groups in total. The molecule has 114 valence electrons. The lowest BCUT2D eigenvalue weighted by molar-refractivity contribution is -0.130. The largest absolute Gasteiger partial charge is 0.459 e. The first kappa shape index (κ1) is 14.1. The number of nitrogens with zero attached hydrogens (tertiary/aromatic N) is 1. The summed E-state index contributed by atoms with van der Waals surface area (Å²) in [6.07, 6.45) is 0. The van der Waals surface area contributed by atoms with Gasteiger partial charge in [0, 0.05) is 10.9 Å². The zero-order chi connectivity index (χ0) is 15.7. The van der Waals surface area contributed by atoms with E-state index in [2.05, 4.69) is 10.6 Å². The minimum atomic E-state index is -0.542. The van der Waals surface area contributed by atoms with Gasteiger partial charge in [-0.1, -0.05) is 18.2 Å². The zero-order valence-corrected chi connectivity index (χ0v) is 12.0. The van der Waals surface area contributed by atoms with Crippen molar-refractivity contribution in [3.63, 3.8) is 0 Å². The molecule has 1 saturated heterocycles. The Labute approximate surface area is 126 Å². The van der Waals surface area contributed by atoms with Crippen molar-refractivity contribution in [2.75, 3.05) is 13.1 Å². The van der Waals surface area contributed by atoms with E-state index in [1.165, 1.54) is 0 Å².